The van der Waals surface area contributed by atoms with Crippen LogP contribution in [0.1, 0.15) is 40.5 Å². The molecule has 5 N–H and O–H groups in total. The zero-order chi connectivity index (χ0) is 21.4. The molecule has 1 aliphatic rings. The first-order chi connectivity index (χ1) is 13.1. The molecule has 4 unspecified atom stereocenters. The summed E-state index contributed by atoms with van der Waals surface area (Å²) in [4.78, 5) is 48.7. The standard InChI is InChI=1S/C18H32N4O5S/c1-9(2)13(21-15(23)11-6-5-7-19-11)17(25)20-12(8-28)16(24)22-14(10(3)4)18(26)27/h9-14,19,28H,5-8H2,1-4H3,(H,20,25)(H,21,23)(H,22,24)(H,26,27). The summed E-state index contributed by atoms with van der Waals surface area (Å²) in [6.45, 7) is 7.70. The Labute approximate surface area is 171 Å². The maximum atomic E-state index is 12.7. The molecule has 10 heteroatoms. The van der Waals surface area contributed by atoms with Crippen LogP contribution in [0.25, 0.3) is 0 Å². The maximum Gasteiger partial charge on any atom is 0.326 e. The highest BCUT2D eigenvalue weighted by molar-refractivity contribution is 7.80. The van der Waals surface area contributed by atoms with Crippen molar-refractivity contribution in [2.24, 2.45) is 11.8 Å². The third kappa shape index (κ3) is 6.97. The Morgan fingerprint density at radius 3 is 2.04 bits per heavy atom. The molecule has 4 atom stereocenters. The summed E-state index contributed by atoms with van der Waals surface area (Å²) in [5, 5.41) is 20.0. The van der Waals surface area contributed by atoms with Gasteiger partial charge in [-0.3, -0.25) is 14.4 Å². The van der Waals surface area contributed by atoms with Gasteiger partial charge in [-0.15, -0.1) is 0 Å². The van der Waals surface area contributed by atoms with Gasteiger partial charge in [0, 0.05) is 5.75 Å². The predicted molar refractivity (Wildman–Crippen MR) is 108 cm³/mol. The number of carboxylic acids is 1. The van der Waals surface area contributed by atoms with Crippen molar-refractivity contribution in [3.8, 4) is 0 Å². The summed E-state index contributed by atoms with van der Waals surface area (Å²) >= 11 is 4.10. The van der Waals surface area contributed by atoms with Crippen molar-refractivity contribution < 1.29 is 24.3 Å². The number of aliphatic carboxylic acids is 1. The Balaban J connectivity index is 2.75. The highest BCUT2D eigenvalue weighted by Gasteiger charge is 2.32. The molecule has 0 saturated carbocycles. The Hall–Kier alpha value is -1.81. The SMILES string of the molecule is CC(C)C(NC(=O)C(CS)NC(=O)C(NC(=O)C1CCCN1)C(C)C)C(=O)O. The minimum absolute atomic E-state index is 0.00898. The van der Waals surface area contributed by atoms with Crippen LogP contribution in [0.15, 0.2) is 0 Å². The summed E-state index contributed by atoms with van der Waals surface area (Å²) < 4.78 is 0. The van der Waals surface area contributed by atoms with E-state index in [9.17, 15) is 24.3 Å². The zero-order valence-electron chi connectivity index (χ0n) is 16.8. The smallest absolute Gasteiger partial charge is 0.326 e. The van der Waals surface area contributed by atoms with Crippen LogP contribution >= 0.6 is 12.6 Å². The van der Waals surface area contributed by atoms with Gasteiger partial charge in [0.25, 0.3) is 0 Å². The third-order valence-electron chi connectivity index (χ3n) is 4.67. The lowest BCUT2D eigenvalue weighted by Gasteiger charge is -2.27. The van der Waals surface area contributed by atoms with E-state index in [2.05, 4.69) is 33.9 Å². The molecule has 1 fully saturated rings. The molecule has 9 nitrogen and oxygen atoms in total. The molecule has 0 aromatic rings. The van der Waals surface area contributed by atoms with Crippen molar-refractivity contribution >= 4 is 36.3 Å². The predicted octanol–water partition coefficient (Wildman–Crippen LogP) is -0.481. The normalized spacial score (nSPS) is 19.8. The molecule has 0 bridgehead atoms. The Morgan fingerprint density at radius 1 is 1.00 bits per heavy atom. The molecule has 1 rings (SSSR count). The van der Waals surface area contributed by atoms with Gasteiger partial charge < -0.3 is 26.4 Å². The minimum atomic E-state index is -1.15. The van der Waals surface area contributed by atoms with E-state index in [0.717, 1.165) is 13.0 Å². The second kappa shape index (κ2) is 11.3. The van der Waals surface area contributed by atoms with Crippen molar-refractivity contribution in [1.29, 1.82) is 0 Å². The Kier molecular flexibility index (Phi) is 9.74. The summed E-state index contributed by atoms with van der Waals surface area (Å²) in [6.07, 6.45) is 1.62. The topological polar surface area (TPSA) is 137 Å². The highest BCUT2D eigenvalue weighted by atomic mass is 32.1. The number of carbonyl (C=O) groups is 4. The van der Waals surface area contributed by atoms with Gasteiger partial charge >= 0.3 is 5.97 Å². The van der Waals surface area contributed by atoms with Crippen LogP contribution in [0.4, 0.5) is 0 Å². The molecule has 160 valence electrons. The third-order valence-corrected chi connectivity index (χ3v) is 5.03. The molecular weight excluding hydrogens is 384 g/mol. The number of nitrogens with one attached hydrogen (secondary N) is 4. The molecule has 28 heavy (non-hydrogen) atoms. The first kappa shape index (κ1) is 24.2. The van der Waals surface area contributed by atoms with Gasteiger partial charge in [-0.25, -0.2) is 4.79 Å². The molecule has 0 spiro atoms. The molecule has 1 heterocycles. The van der Waals surface area contributed by atoms with E-state index in [1.54, 1.807) is 27.7 Å². The lowest BCUT2D eigenvalue weighted by Crippen LogP contribution is -2.59. The van der Waals surface area contributed by atoms with E-state index >= 15 is 0 Å². The van der Waals surface area contributed by atoms with E-state index in [-0.39, 0.29) is 29.5 Å². The van der Waals surface area contributed by atoms with Crippen LogP contribution < -0.4 is 21.3 Å². The Bertz CT molecular complexity index is 578. The summed E-state index contributed by atoms with van der Waals surface area (Å²) in [7, 11) is 0. The molecule has 0 radical (unpaired) electrons. The van der Waals surface area contributed by atoms with Gasteiger partial charge in [0.2, 0.25) is 17.7 Å². The van der Waals surface area contributed by atoms with E-state index in [4.69, 9.17) is 0 Å². The van der Waals surface area contributed by atoms with Gasteiger partial charge in [-0.2, -0.15) is 12.6 Å². The number of carboxylic acid groups (broad SMARTS) is 1. The number of hydrogen-bond acceptors (Lipinski definition) is 6. The summed E-state index contributed by atoms with van der Waals surface area (Å²) in [5.41, 5.74) is 0. The lowest BCUT2D eigenvalue weighted by atomic mass is 10.0. The minimum Gasteiger partial charge on any atom is -0.480 e. The fourth-order valence-corrected chi connectivity index (χ4v) is 3.18. The van der Waals surface area contributed by atoms with Crippen molar-refractivity contribution in [2.45, 2.75) is 64.7 Å². The van der Waals surface area contributed by atoms with E-state index in [1.165, 1.54) is 0 Å². The molecule has 3 amide bonds. The van der Waals surface area contributed by atoms with Gasteiger partial charge in [0.05, 0.1) is 6.04 Å². The molecule has 0 aromatic carbocycles. The van der Waals surface area contributed by atoms with Gasteiger partial charge in [0.1, 0.15) is 18.1 Å². The monoisotopic (exact) mass is 416 g/mol. The van der Waals surface area contributed by atoms with E-state index in [1.807, 2.05) is 0 Å². The molecule has 0 aliphatic carbocycles. The average molecular weight is 417 g/mol. The Morgan fingerprint density at radius 2 is 1.61 bits per heavy atom. The number of thiol groups is 1. The van der Waals surface area contributed by atoms with Gasteiger partial charge in [-0.05, 0) is 31.2 Å². The zero-order valence-corrected chi connectivity index (χ0v) is 17.7. The molecule has 0 aromatic heterocycles. The lowest BCUT2D eigenvalue weighted by molar-refractivity contribution is -0.143. The summed E-state index contributed by atoms with van der Waals surface area (Å²) in [6, 6.07) is -3.22. The van der Waals surface area contributed by atoms with E-state index < -0.39 is 35.9 Å². The van der Waals surface area contributed by atoms with Crippen LogP contribution in [-0.4, -0.2) is 65.3 Å². The fraction of sp³-hybridized carbons (Fsp3) is 0.778. The number of amides is 3. The van der Waals surface area contributed by atoms with Crippen LogP contribution in [0.3, 0.4) is 0 Å². The fourth-order valence-electron chi connectivity index (χ4n) is 2.92. The number of carbonyl (C=O) groups excluding carboxylic acids is 3. The summed E-state index contributed by atoms with van der Waals surface area (Å²) in [5.74, 6) is -3.06. The van der Waals surface area contributed by atoms with Crippen molar-refractivity contribution in [1.82, 2.24) is 21.3 Å². The second-order valence-electron chi connectivity index (χ2n) is 7.69. The van der Waals surface area contributed by atoms with Crippen molar-refractivity contribution in [2.75, 3.05) is 12.3 Å². The first-order valence-electron chi connectivity index (χ1n) is 9.56. The maximum absolute atomic E-state index is 12.7. The van der Waals surface area contributed by atoms with E-state index in [0.29, 0.717) is 6.42 Å². The molecule has 1 aliphatic heterocycles. The average Bonchev–Trinajstić information content (AvgIpc) is 3.15. The highest BCUT2D eigenvalue weighted by Crippen LogP contribution is 2.09. The van der Waals surface area contributed by atoms with Crippen LogP contribution in [0.2, 0.25) is 0 Å². The first-order valence-corrected chi connectivity index (χ1v) is 10.2. The quantitative estimate of drug-likeness (QED) is 0.266. The largest absolute Gasteiger partial charge is 0.480 e. The van der Waals surface area contributed by atoms with Crippen LogP contribution in [0.5, 0.6) is 0 Å². The second-order valence-corrected chi connectivity index (χ2v) is 8.06. The number of hydrogen-bond donors (Lipinski definition) is 6. The molecular formula is C18H32N4O5S. The molecule has 1 saturated heterocycles. The van der Waals surface area contributed by atoms with Crippen LogP contribution in [0, 0.1) is 11.8 Å². The van der Waals surface area contributed by atoms with Gasteiger partial charge in [0.15, 0.2) is 0 Å². The van der Waals surface area contributed by atoms with Crippen LogP contribution in [-0.2, 0) is 19.2 Å². The van der Waals surface area contributed by atoms with Crippen molar-refractivity contribution in [3.05, 3.63) is 0 Å². The van der Waals surface area contributed by atoms with Crippen molar-refractivity contribution in [3.63, 3.8) is 0 Å². The number of rotatable bonds is 10. The van der Waals surface area contributed by atoms with Gasteiger partial charge in [-0.1, -0.05) is 27.7 Å².